The summed E-state index contributed by atoms with van der Waals surface area (Å²) in [6.07, 6.45) is 5.39. The second-order valence-corrected chi connectivity index (χ2v) is 9.40. The number of hydrogen-bond donors (Lipinski definition) is 1. The van der Waals surface area contributed by atoms with Crippen molar-refractivity contribution in [3.8, 4) is 0 Å². The fourth-order valence-corrected chi connectivity index (χ4v) is 4.86. The van der Waals surface area contributed by atoms with Crippen LogP contribution < -0.4 is 0 Å². The third kappa shape index (κ3) is 4.57. The summed E-state index contributed by atoms with van der Waals surface area (Å²) in [7, 11) is 0. The highest BCUT2D eigenvalue weighted by atomic mass is 16.2. The molecule has 2 aliphatic rings. The van der Waals surface area contributed by atoms with Gasteiger partial charge in [-0.05, 0) is 61.3 Å². The molecule has 2 amide bonds. The van der Waals surface area contributed by atoms with Gasteiger partial charge in [-0.1, -0.05) is 42.5 Å². The van der Waals surface area contributed by atoms with Gasteiger partial charge in [-0.3, -0.25) is 9.59 Å². The summed E-state index contributed by atoms with van der Waals surface area (Å²) in [6, 6.07) is 19.1. The predicted octanol–water partition coefficient (Wildman–Crippen LogP) is 4.77. The molecule has 0 bridgehead atoms. The zero-order valence-electron chi connectivity index (χ0n) is 18.7. The first-order chi connectivity index (χ1) is 15.6. The van der Waals surface area contributed by atoms with Crippen molar-refractivity contribution in [1.82, 2.24) is 14.8 Å². The molecule has 1 aliphatic heterocycles. The highest BCUT2D eigenvalue weighted by Crippen LogP contribution is 2.30. The first-order valence-corrected chi connectivity index (χ1v) is 11.8. The van der Waals surface area contributed by atoms with E-state index in [2.05, 4.69) is 29.2 Å². The number of para-hydroxylation sites is 1. The molecule has 0 unspecified atom stereocenters. The molecule has 1 saturated carbocycles. The lowest BCUT2D eigenvalue weighted by Gasteiger charge is -2.31. The minimum Gasteiger partial charge on any atom is -0.351 e. The van der Waals surface area contributed by atoms with Crippen molar-refractivity contribution >= 4 is 22.7 Å². The van der Waals surface area contributed by atoms with Crippen molar-refractivity contribution in [2.45, 2.75) is 51.6 Å². The van der Waals surface area contributed by atoms with Crippen molar-refractivity contribution in [3.05, 3.63) is 71.4 Å². The Labute approximate surface area is 189 Å². The zero-order valence-corrected chi connectivity index (χ0v) is 18.7. The SMILES string of the molecule is CC(=O)N1CCC(Cc2ccc(CN(C(=O)c3cc4ccccc4[nH]3)C3CC3)cc2)CC1. The maximum atomic E-state index is 13.3. The van der Waals surface area contributed by atoms with Crippen molar-refractivity contribution in [3.63, 3.8) is 0 Å². The summed E-state index contributed by atoms with van der Waals surface area (Å²) in [4.78, 5) is 32.1. The van der Waals surface area contributed by atoms with Gasteiger partial charge in [0.25, 0.3) is 5.91 Å². The van der Waals surface area contributed by atoms with Crippen molar-refractivity contribution in [2.75, 3.05) is 13.1 Å². The Kier molecular flexibility index (Phi) is 5.73. The monoisotopic (exact) mass is 429 g/mol. The number of nitrogens with one attached hydrogen (secondary N) is 1. The highest BCUT2D eigenvalue weighted by molar-refractivity contribution is 5.98. The molecule has 5 rings (SSSR count). The van der Waals surface area contributed by atoms with Crippen LogP contribution in [0.1, 0.15) is 54.2 Å². The first kappa shape index (κ1) is 20.8. The van der Waals surface area contributed by atoms with Crippen LogP contribution in [0.3, 0.4) is 0 Å². The maximum Gasteiger partial charge on any atom is 0.270 e. The van der Waals surface area contributed by atoms with E-state index < -0.39 is 0 Å². The highest BCUT2D eigenvalue weighted by Gasteiger charge is 2.33. The molecule has 1 aliphatic carbocycles. The molecule has 2 aromatic carbocycles. The van der Waals surface area contributed by atoms with Gasteiger partial charge in [-0.25, -0.2) is 0 Å². The maximum absolute atomic E-state index is 13.3. The number of fused-ring (bicyclic) bond motifs is 1. The van der Waals surface area contributed by atoms with E-state index in [4.69, 9.17) is 0 Å². The van der Waals surface area contributed by atoms with Crippen LogP contribution in [0, 0.1) is 5.92 Å². The summed E-state index contributed by atoms with van der Waals surface area (Å²) < 4.78 is 0. The summed E-state index contributed by atoms with van der Waals surface area (Å²) in [6.45, 7) is 4.07. The molecule has 1 saturated heterocycles. The molecule has 0 atom stereocenters. The number of likely N-dealkylation sites (tertiary alicyclic amines) is 1. The molecule has 166 valence electrons. The number of aromatic amines is 1. The third-order valence-corrected chi connectivity index (χ3v) is 6.97. The molecule has 2 fully saturated rings. The zero-order chi connectivity index (χ0) is 22.1. The minimum absolute atomic E-state index is 0.0880. The number of carbonyl (C=O) groups is 2. The average Bonchev–Trinajstić information content (AvgIpc) is 3.56. The van der Waals surface area contributed by atoms with Gasteiger partial charge in [0.2, 0.25) is 5.91 Å². The van der Waals surface area contributed by atoms with Gasteiger partial charge in [0.1, 0.15) is 5.69 Å². The Balaban J connectivity index is 1.22. The number of nitrogens with zero attached hydrogens (tertiary/aromatic N) is 2. The Morgan fingerprint density at radius 3 is 2.31 bits per heavy atom. The van der Waals surface area contributed by atoms with E-state index in [0.29, 0.717) is 24.2 Å². The fourth-order valence-electron chi connectivity index (χ4n) is 4.86. The summed E-state index contributed by atoms with van der Waals surface area (Å²) >= 11 is 0. The second kappa shape index (κ2) is 8.81. The Morgan fingerprint density at radius 1 is 0.969 bits per heavy atom. The number of amides is 2. The van der Waals surface area contributed by atoms with Crippen LogP contribution in [-0.4, -0.2) is 45.7 Å². The lowest BCUT2D eigenvalue weighted by molar-refractivity contribution is -0.130. The van der Waals surface area contributed by atoms with Crippen LogP contribution in [0.15, 0.2) is 54.6 Å². The normalized spacial score (nSPS) is 17.0. The first-order valence-electron chi connectivity index (χ1n) is 11.8. The van der Waals surface area contributed by atoms with Gasteiger partial charge in [0.15, 0.2) is 0 Å². The van der Waals surface area contributed by atoms with E-state index in [-0.39, 0.29) is 11.8 Å². The molecule has 32 heavy (non-hydrogen) atoms. The smallest absolute Gasteiger partial charge is 0.270 e. The van der Waals surface area contributed by atoms with E-state index in [1.807, 2.05) is 40.1 Å². The molecule has 1 N–H and O–H groups in total. The number of H-pyrrole nitrogens is 1. The molecule has 5 nitrogen and oxygen atoms in total. The molecule has 1 aromatic heterocycles. The number of piperidine rings is 1. The molecular formula is C27H31N3O2. The van der Waals surface area contributed by atoms with Gasteiger partial charge >= 0.3 is 0 Å². The molecule has 5 heteroatoms. The van der Waals surface area contributed by atoms with E-state index in [1.54, 1.807) is 6.92 Å². The third-order valence-electron chi connectivity index (χ3n) is 6.97. The van der Waals surface area contributed by atoms with Crippen LogP contribution >= 0.6 is 0 Å². The van der Waals surface area contributed by atoms with Gasteiger partial charge < -0.3 is 14.8 Å². The van der Waals surface area contributed by atoms with Crippen molar-refractivity contribution in [1.29, 1.82) is 0 Å². The largest absolute Gasteiger partial charge is 0.351 e. The van der Waals surface area contributed by atoms with Crippen LogP contribution in [0.5, 0.6) is 0 Å². The van der Waals surface area contributed by atoms with E-state index >= 15 is 0 Å². The van der Waals surface area contributed by atoms with E-state index in [0.717, 1.165) is 56.1 Å². The van der Waals surface area contributed by atoms with Gasteiger partial charge in [0, 0.05) is 43.5 Å². The molecule has 0 radical (unpaired) electrons. The van der Waals surface area contributed by atoms with Gasteiger partial charge in [-0.2, -0.15) is 0 Å². The average molecular weight is 430 g/mol. The topological polar surface area (TPSA) is 56.4 Å². The molecule has 0 spiro atoms. The summed E-state index contributed by atoms with van der Waals surface area (Å²) in [5.41, 5.74) is 4.20. The number of aromatic nitrogens is 1. The number of carbonyl (C=O) groups excluding carboxylic acids is 2. The van der Waals surface area contributed by atoms with Crippen molar-refractivity contribution < 1.29 is 9.59 Å². The second-order valence-electron chi connectivity index (χ2n) is 9.40. The van der Waals surface area contributed by atoms with Gasteiger partial charge in [0.05, 0.1) is 0 Å². The molecular weight excluding hydrogens is 398 g/mol. The van der Waals surface area contributed by atoms with Gasteiger partial charge in [-0.15, -0.1) is 0 Å². The number of benzene rings is 2. The van der Waals surface area contributed by atoms with Crippen LogP contribution in [0.4, 0.5) is 0 Å². The Bertz CT molecular complexity index is 1070. The predicted molar refractivity (Wildman–Crippen MR) is 126 cm³/mol. The Morgan fingerprint density at radius 2 is 1.66 bits per heavy atom. The standard InChI is InChI=1S/C27H31N3O2/c1-19(31)29-14-12-21(13-15-29)16-20-6-8-22(9-7-20)18-30(24-10-11-24)27(32)26-17-23-4-2-3-5-25(23)28-26/h2-9,17,21,24,28H,10-16,18H2,1H3. The Hall–Kier alpha value is -3.08. The minimum atomic E-state index is 0.0880. The fraction of sp³-hybridized carbons (Fsp3) is 0.407. The lowest BCUT2D eigenvalue weighted by Crippen LogP contribution is -2.37. The van der Waals surface area contributed by atoms with Crippen LogP contribution in [0.2, 0.25) is 0 Å². The van der Waals surface area contributed by atoms with Crippen LogP contribution in [-0.2, 0) is 17.8 Å². The van der Waals surface area contributed by atoms with E-state index in [1.165, 1.54) is 11.1 Å². The summed E-state index contributed by atoms with van der Waals surface area (Å²) in [5, 5.41) is 1.07. The quantitative estimate of drug-likeness (QED) is 0.613. The summed E-state index contributed by atoms with van der Waals surface area (Å²) in [5.74, 6) is 0.919. The number of hydrogen-bond acceptors (Lipinski definition) is 2. The van der Waals surface area contributed by atoms with Crippen LogP contribution in [0.25, 0.3) is 10.9 Å². The lowest BCUT2D eigenvalue weighted by atomic mass is 9.90. The van der Waals surface area contributed by atoms with Crippen molar-refractivity contribution in [2.24, 2.45) is 5.92 Å². The number of rotatable bonds is 6. The van der Waals surface area contributed by atoms with E-state index in [9.17, 15) is 9.59 Å². The molecule has 3 aromatic rings. The molecule has 2 heterocycles.